The number of halogens is 1. The molecule has 1 heterocycles. The maximum Gasteiger partial charge on any atom is 0.254 e. The molecule has 17 heavy (non-hydrogen) atoms. The summed E-state index contributed by atoms with van der Waals surface area (Å²) in [6, 6.07) is 1.67. The predicted octanol–water partition coefficient (Wildman–Crippen LogP) is 1.27. The van der Waals surface area contributed by atoms with Gasteiger partial charge in [-0.2, -0.15) is 4.31 Å². The fourth-order valence-electron chi connectivity index (χ4n) is 1.19. The van der Waals surface area contributed by atoms with Crippen LogP contribution in [0.4, 0.5) is 0 Å². The Morgan fingerprint density at radius 2 is 2.24 bits per heavy atom. The van der Waals surface area contributed by atoms with E-state index in [0.717, 1.165) is 15.6 Å². The number of carbonyl (C=O) groups excluding carboxylic acids is 1. The number of likely N-dealkylation sites (N-methyl/N-ethyl adjacent to an activating group) is 2. The molecule has 0 unspecified atom stereocenters. The average Bonchev–Trinajstić information content (AvgIpc) is 2.72. The van der Waals surface area contributed by atoms with Crippen molar-refractivity contribution in [2.24, 2.45) is 0 Å². The SMILES string of the molecule is CCN(CC(=O)NC)S(=O)(=O)c1sccc1Br. The summed E-state index contributed by atoms with van der Waals surface area (Å²) in [6.07, 6.45) is 0. The second-order valence-electron chi connectivity index (χ2n) is 3.16. The number of nitrogens with zero attached hydrogens (tertiary/aromatic N) is 1. The number of nitrogens with one attached hydrogen (secondary N) is 1. The number of sulfonamides is 1. The van der Waals surface area contributed by atoms with E-state index in [9.17, 15) is 13.2 Å². The topological polar surface area (TPSA) is 66.5 Å². The largest absolute Gasteiger partial charge is 0.358 e. The van der Waals surface area contributed by atoms with Gasteiger partial charge in [-0.25, -0.2) is 8.42 Å². The van der Waals surface area contributed by atoms with Crippen molar-refractivity contribution in [1.82, 2.24) is 9.62 Å². The molecular formula is C9H13BrN2O3S2. The van der Waals surface area contributed by atoms with E-state index in [2.05, 4.69) is 21.2 Å². The van der Waals surface area contributed by atoms with Crippen LogP contribution in [0.25, 0.3) is 0 Å². The number of thiophene rings is 1. The van der Waals surface area contributed by atoms with Gasteiger partial charge in [0.15, 0.2) is 0 Å². The molecule has 0 aromatic carbocycles. The summed E-state index contributed by atoms with van der Waals surface area (Å²) < 4.78 is 26.3. The highest BCUT2D eigenvalue weighted by Gasteiger charge is 2.27. The minimum Gasteiger partial charge on any atom is -0.358 e. The van der Waals surface area contributed by atoms with Crippen molar-refractivity contribution in [2.45, 2.75) is 11.1 Å². The van der Waals surface area contributed by atoms with E-state index in [1.807, 2.05) is 0 Å². The van der Waals surface area contributed by atoms with E-state index in [1.165, 1.54) is 7.05 Å². The molecule has 0 saturated heterocycles. The summed E-state index contributed by atoms with van der Waals surface area (Å²) in [4.78, 5) is 11.3. The molecule has 8 heteroatoms. The summed E-state index contributed by atoms with van der Waals surface area (Å²) in [5.74, 6) is -0.330. The molecule has 0 bridgehead atoms. The van der Waals surface area contributed by atoms with Crippen LogP contribution >= 0.6 is 27.3 Å². The molecular weight excluding hydrogens is 328 g/mol. The van der Waals surface area contributed by atoms with Gasteiger partial charge in [0, 0.05) is 18.1 Å². The molecule has 0 aliphatic carbocycles. The van der Waals surface area contributed by atoms with Crippen molar-refractivity contribution >= 4 is 43.2 Å². The van der Waals surface area contributed by atoms with Crippen LogP contribution in [-0.4, -0.2) is 38.8 Å². The number of rotatable bonds is 5. The third-order valence-electron chi connectivity index (χ3n) is 2.11. The molecule has 1 N–H and O–H groups in total. The first-order valence-electron chi connectivity index (χ1n) is 4.87. The van der Waals surface area contributed by atoms with Crippen molar-refractivity contribution in [2.75, 3.05) is 20.1 Å². The smallest absolute Gasteiger partial charge is 0.254 e. The molecule has 0 aliphatic heterocycles. The van der Waals surface area contributed by atoms with E-state index >= 15 is 0 Å². The maximum atomic E-state index is 12.2. The molecule has 96 valence electrons. The van der Waals surface area contributed by atoms with Gasteiger partial charge in [-0.3, -0.25) is 4.79 Å². The summed E-state index contributed by atoms with van der Waals surface area (Å²) in [6.45, 7) is 1.78. The summed E-state index contributed by atoms with van der Waals surface area (Å²) in [5.41, 5.74) is 0. The first kappa shape index (κ1) is 14.6. The third kappa shape index (κ3) is 3.27. The highest BCUT2D eigenvalue weighted by atomic mass is 79.9. The zero-order valence-electron chi connectivity index (χ0n) is 9.44. The fraction of sp³-hybridized carbons (Fsp3) is 0.444. The maximum absolute atomic E-state index is 12.2. The lowest BCUT2D eigenvalue weighted by molar-refractivity contribution is -0.120. The predicted molar refractivity (Wildman–Crippen MR) is 70.5 cm³/mol. The van der Waals surface area contributed by atoms with E-state index in [1.54, 1.807) is 18.4 Å². The van der Waals surface area contributed by atoms with E-state index in [0.29, 0.717) is 4.47 Å². The highest BCUT2D eigenvalue weighted by molar-refractivity contribution is 9.10. The van der Waals surface area contributed by atoms with Gasteiger partial charge in [0.2, 0.25) is 5.91 Å². The van der Waals surface area contributed by atoms with Gasteiger partial charge < -0.3 is 5.32 Å². The fourth-order valence-corrected chi connectivity index (χ4v) is 5.04. The van der Waals surface area contributed by atoms with Crippen molar-refractivity contribution < 1.29 is 13.2 Å². The lowest BCUT2D eigenvalue weighted by atomic mass is 10.5. The zero-order chi connectivity index (χ0) is 13.1. The second-order valence-corrected chi connectivity index (χ2v) is 7.06. The Morgan fingerprint density at radius 1 is 1.59 bits per heavy atom. The minimum absolute atomic E-state index is 0.167. The molecule has 5 nitrogen and oxygen atoms in total. The van der Waals surface area contributed by atoms with Crippen LogP contribution in [0.2, 0.25) is 0 Å². The zero-order valence-corrected chi connectivity index (χ0v) is 12.7. The normalized spacial score (nSPS) is 11.8. The van der Waals surface area contributed by atoms with Crippen LogP contribution in [0, 0.1) is 0 Å². The molecule has 0 atom stereocenters. The monoisotopic (exact) mass is 340 g/mol. The van der Waals surface area contributed by atoms with Crippen LogP contribution < -0.4 is 5.32 Å². The van der Waals surface area contributed by atoms with E-state index in [4.69, 9.17) is 0 Å². The number of amides is 1. The van der Waals surface area contributed by atoms with E-state index in [-0.39, 0.29) is 23.2 Å². The van der Waals surface area contributed by atoms with Gasteiger partial charge in [0.05, 0.1) is 6.54 Å². The first-order valence-corrected chi connectivity index (χ1v) is 7.98. The summed E-state index contributed by atoms with van der Waals surface area (Å²) >= 11 is 4.31. The van der Waals surface area contributed by atoms with E-state index < -0.39 is 10.0 Å². The van der Waals surface area contributed by atoms with Crippen LogP contribution in [0.3, 0.4) is 0 Å². The Morgan fingerprint density at radius 3 is 2.65 bits per heavy atom. The molecule has 1 aromatic heterocycles. The van der Waals surface area contributed by atoms with Crippen molar-refractivity contribution in [3.05, 3.63) is 15.9 Å². The van der Waals surface area contributed by atoms with Crippen LogP contribution in [0.1, 0.15) is 6.92 Å². The van der Waals surface area contributed by atoms with Crippen LogP contribution in [0.5, 0.6) is 0 Å². The Hall–Kier alpha value is -0.440. The van der Waals surface area contributed by atoms with Gasteiger partial charge in [-0.05, 0) is 27.4 Å². The standard InChI is InChI=1S/C9H13BrN2O3S2/c1-3-12(6-8(13)11-2)17(14,15)9-7(10)4-5-16-9/h4-5H,3,6H2,1-2H3,(H,11,13). The quantitative estimate of drug-likeness (QED) is 0.877. The van der Waals surface area contributed by atoms with Crippen LogP contribution in [0.15, 0.2) is 20.1 Å². The molecule has 0 saturated carbocycles. The van der Waals surface area contributed by atoms with Gasteiger partial charge in [0.25, 0.3) is 10.0 Å². The van der Waals surface area contributed by atoms with Gasteiger partial charge in [-0.1, -0.05) is 6.92 Å². The summed E-state index contributed by atoms with van der Waals surface area (Å²) in [7, 11) is -2.12. The third-order valence-corrected chi connectivity index (χ3v) is 6.68. The molecule has 1 rings (SSSR count). The number of hydrogen-bond donors (Lipinski definition) is 1. The highest BCUT2D eigenvalue weighted by Crippen LogP contribution is 2.30. The second kappa shape index (κ2) is 5.94. The lowest BCUT2D eigenvalue weighted by Crippen LogP contribution is -2.39. The van der Waals surface area contributed by atoms with Crippen molar-refractivity contribution in [3.63, 3.8) is 0 Å². The van der Waals surface area contributed by atoms with Gasteiger partial charge in [-0.15, -0.1) is 11.3 Å². The Labute approximate surface area is 113 Å². The van der Waals surface area contributed by atoms with Gasteiger partial charge in [0.1, 0.15) is 4.21 Å². The Kier molecular flexibility index (Phi) is 5.11. The first-order chi connectivity index (χ1) is 7.93. The van der Waals surface area contributed by atoms with Crippen LogP contribution in [-0.2, 0) is 14.8 Å². The van der Waals surface area contributed by atoms with Crippen molar-refractivity contribution in [3.8, 4) is 0 Å². The number of carbonyl (C=O) groups is 1. The Balaban J connectivity index is 3.03. The molecule has 0 spiro atoms. The molecule has 1 amide bonds. The molecule has 0 fully saturated rings. The molecule has 0 radical (unpaired) electrons. The van der Waals surface area contributed by atoms with Gasteiger partial charge >= 0.3 is 0 Å². The average molecular weight is 341 g/mol. The molecule has 0 aliphatic rings. The summed E-state index contributed by atoms with van der Waals surface area (Å²) in [5, 5.41) is 4.09. The minimum atomic E-state index is -3.60. The lowest BCUT2D eigenvalue weighted by Gasteiger charge is -2.18. The van der Waals surface area contributed by atoms with Crippen molar-refractivity contribution in [1.29, 1.82) is 0 Å². The molecule has 1 aromatic rings. The number of hydrogen-bond acceptors (Lipinski definition) is 4. The Bertz CT molecular complexity index is 498.